The Kier molecular flexibility index (Phi) is 7.29. The van der Waals surface area contributed by atoms with Crippen LogP contribution in [0.4, 0.5) is 10.5 Å². The molecular weight excluding hydrogens is 309 g/mol. The minimum atomic E-state index is -0.121. The van der Waals surface area contributed by atoms with Crippen molar-refractivity contribution in [1.82, 2.24) is 9.80 Å². The smallest absolute Gasteiger partial charge is 0.321 e. The van der Waals surface area contributed by atoms with Crippen molar-refractivity contribution >= 4 is 34.9 Å². The van der Waals surface area contributed by atoms with E-state index in [2.05, 4.69) is 24.1 Å². The second kappa shape index (κ2) is 8.47. The summed E-state index contributed by atoms with van der Waals surface area (Å²) in [5.74, 6) is 0.409. The van der Waals surface area contributed by atoms with Crippen LogP contribution in [0.25, 0.3) is 0 Å². The summed E-state index contributed by atoms with van der Waals surface area (Å²) in [6, 6.07) is 4.95. The number of likely N-dealkylation sites (N-methyl/N-ethyl adjacent to an activating group) is 1. The van der Waals surface area contributed by atoms with E-state index < -0.39 is 0 Å². The Balaban J connectivity index is 2.72. The number of nitrogens with zero attached hydrogens (tertiary/aromatic N) is 2. The van der Waals surface area contributed by atoms with Gasteiger partial charge >= 0.3 is 6.03 Å². The summed E-state index contributed by atoms with van der Waals surface area (Å²) in [6.45, 7) is 6.39. The third-order valence-corrected chi connectivity index (χ3v) is 3.60. The Hall–Kier alpha value is -0.970. The highest BCUT2D eigenvalue weighted by Crippen LogP contribution is 2.25. The van der Waals surface area contributed by atoms with Crippen molar-refractivity contribution in [2.75, 3.05) is 39.0 Å². The number of carbonyl (C=O) groups is 1. The van der Waals surface area contributed by atoms with E-state index in [9.17, 15) is 4.79 Å². The Morgan fingerprint density at radius 1 is 1.19 bits per heavy atom. The van der Waals surface area contributed by atoms with Crippen LogP contribution in [0.3, 0.4) is 0 Å². The van der Waals surface area contributed by atoms with E-state index in [0.29, 0.717) is 34.7 Å². The van der Waals surface area contributed by atoms with Crippen molar-refractivity contribution in [3.8, 4) is 0 Å². The number of amides is 2. The molecule has 0 unspecified atom stereocenters. The number of benzene rings is 1. The van der Waals surface area contributed by atoms with Crippen molar-refractivity contribution in [2.24, 2.45) is 5.92 Å². The molecule has 2 amide bonds. The highest BCUT2D eigenvalue weighted by atomic mass is 35.5. The van der Waals surface area contributed by atoms with Gasteiger partial charge < -0.3 is 15.1 Å². The molecule has 0 saturated heterocycles. The van der Waals surface area contributed by atoms with E-state index in [1.165, 1.54) is 0 Å². The van der Waals surface area contributed by atoms with Crippen molar-refractivity contribution in [2.45, 2.75) is 13.8 Å². The molecule has 0 saturated carbocycles. The standard InChI is InChI=1S/C15H23Cl2N3O/c1-11(2)10-20(8-7-19(3)4)15(21)18-12-5-6-13(16)14(17)9-12/h5-6,9,11H,7-8,10H2,1-4H3,(H,18,21). The second-order valence-electron chi connectivity index (χ2n) is 5.70. The zero-order valence-corrected chi connectivity index (χ0v) is 14.5. The molecule has 1 rings (SSSR count). The Morgan fingerprint density at radius 2 is 1.86 bits per heavy atom. The molecule has 6 heteroatoms. The molecule has 4 nitrogen and oxygen atoms in total. The lowest BCUT2D eigenvalue weighted by molar-refractivity contribution is 0.197. The molecule has 1 N–H and O–H groups in total. The van der Waals surface area contributed by atoms with Crippen LogP contribution in [-0.4, -0.2) is 49.6 Å². The van der Waals surface area contributed by atoms with Gasteiger partial charge in [0, 0.05) is 25.3 Å². The third kappa shape index (κ3) is 6.55. The average Bonchev–Trinajstić information content (AvgIpc) is 2.38. The maximum absolute atomic E-state index is 12.4. The van der Waals surface area contributed by atoms with Crippen LogP contribution in [0.1, 0.15) is 13.8 Å². The molecule has 0 heterocycles. The molecule has 0 fully saturated rings. The van der Waals surface area contributed by atoms with Crippen LogP contribution in [0.2, 0.25) is 10.0 Å². The van der Waals surface area contributed by atoms with Crippen LogP contribution in [-0.2, 0) is 0 Å². The lowest BCUT2D eigenvalue weighted by atomic mass is 10.2. The summed E-state index contributed by atoms with van der Waals surface area (Å²) >= 11 is 11.8. The largest absolute Gasteiger partial charge is 0.323 e. The van der Waals surface area contributed by atoms with Gasteiger partial charge in [-0.2, -0.15) is 0 Å². The molecule has 0 bridgehead atoms. The fourth-order valence-electron chi connectivity index (χ4n) is 1.81. The van der Waals surface area contributed by atoms with Gasteiger partial charge in [-0.05, 0) is 38.2 Å². The summed E-state index contributed by atoms with van der Waals surface area (Å²) in [5.41, 5.74) is 0.646. The van der Waals surface area contributed by atoms with Gasteiger partial charge in [-0.3, -0.25) is 0 Å². The minimum absolute atomic E-state index is 0.121. The molecule has 0 atom stereocenters. The Morgan fingerprint density at radius 3 is 2.38 bits per heavy atom. The monoisotopic (exact) mass is 331 g/mol. The Labute approximate surface area is 137 Å². The van der Waals surface area contributed by atoms with Gasteiger partial charge in [0.25, 0.3) is 0 Å². The summed E-state index contributed by atoms with van der Waals surface area (Å²) < 4.78 is 0. The van der Waals surface area contributed by atoms with E-state index in [1.54, 1.807) is 18.2 Å². The van der Waals surface area contributed by atoms with Gasteiger partial charge in [0.15, 0.2) is 0 Å². The van der Waals surface area contributed by atoms with E-state index in [-0.39, 0.29) is 6.03 Å². The lowest BCUT2D eigenvalue weighted by Gasteiger charge is -2.26. The first-order valence-electron chi connectivity index (χ1n) is 6.95. The first kappa shape index (κ1) is 18.1. The molecular formula is C15H23Cl2N3O. The maximum atomic E-state index is 12.4. The molecule has 0 spiro atoms. The number of anilines is 1. The first-order chi connectivity index (χ1) is 9.79. The summed E-state index contributed by atoms with van der Waals surface area (Å²) in [7, 11) is 3.98. The summed E-state index contributed by atoms with van der Waals surface area (Å²) in [4.78, 5) is 16.2. The van der Waals surface area contributed by atoms with E-state index >= 15 is 0 Å². The fraction of sp³-hybridized carbons (Fsp3) is 0.533. The van der Waals surface area contributed by atoms with E-state index in [0.717, 1.165) is 6.54 Å². The lowest BCUT2D eigenvalue weighted by Crippen LogP contribution is -2.41. The molecule has 118 valence electrons. The molecule has 0 aliphatic heterocycles. The quantitative estimate of drug-likeness (QED) is 0.853. The molecule has 0 aliphatic carbocycles. The predicted octanol–water partition coefficient (Wildman–Crippen LogP) is 4.04. The Bertz CT molecular complexity index is 478. The number of rotatable bonds is 6. The number of nitrogens with one attached hydrogen (secondary N) is 1. The molecule has 0 radical (unpaired) electrons. The average molecular weight is 332 g/mol. The third-order valence-electron chi connectivity index (χ3n) is 2.86. The molecule has 0 aromatic heterocycles. The van der Waals surface area contributed by atoms with Crippen LogP contribution >= 0.6 is 23.2 Å². The molecule has 21 heavy (non-hydrogen) atoms. The fourth-order valence-corrected chi connectivity index (χ4v) is 2.11. The van der Waals surface area contributed by atoms with Gasteiger partial charge in [0.2, 0.25) is 0 Å². The van der Waals surface area contributed by atoms with E-state index in [4.69, 9.17) is 23.2 Å². The molecule has 1 aromatic carbocycles. The van der Waals surface area contributed by atoms with E-state index in [1.807, 2.05) is 19.0 Å². The van der Waals surface area contributed by atoms with Crippen molar-refractivity contribution in [3.63, 3.8) is 0 Å². The summed E-state index contributed by atoms with van der Waals surface area (Å²) in [6.07, 6.45) is 0. The number of halogens is 2. The van der Waals surface area contributed by atoms with Crippen molar-refractivity contribution in [3.05, 3.63) is 28.2 Å². The molecule has 1 aromatic rings. The zero-order chi connectivity index (χ0) is 16.0. The van der Waals surface area contributed by atoms with Crippen molar-refractivity contribution < 1.29 is 4.79 Å². The van der Waals surface area contributed by atoms with Crippen molar-refractivity contribution in [1.29, 1.82) is 0 Å². The molecule has 0 aliphatic rings. The maximum Gasteiger partial charge on any atom is 0.321 e. The highest BCUT2D eigenvalue weighted by molar-refractivity contribution is 6.42. The van der Waals surface area contributed by atoms with Crippen LogP contribution in [0, 0.1) is 5.92 Å². The number of hydrogen-bond donors (Lipinski definition) is 1. The van der Waals surface area contributed by atoms with Crippen LogP contribution < -0.4 is 5.32 Å². The predicted molar refractivity (Wildman–Crippen MR) is 90.4 cm³/mol. The number of hydrogen-bond acceptors (Lipinski definition) is 2. The SMILES string of the molecule is CC(C)CN(CCN(C)C)C(=O)Nc1ccc(Cl)c(Cl)c1. The van der Waals surface area contributed by atoms with Gasteiger partial charge in [-0.15, -0.1) is 0 Å². The minimum Gasteiger partial charge on any atom is -0.323 e. The van der Waals surface area contributed by atoms with Gasteiger partial charge in [-0.25, -0.2) is 4.79 Å². The van der Waals surface area contributed by atoms with Gasteiger partial charge in [-0.1, -0.05) is 37.0 Å². The van der Waals surface area contributed by atoms with Gasteiger partial charge in [0.05, 0.1) is 10.0 Å². The first-order valence-corrected chi connectivity index (χ1v) is 7.71. The number of urea groups is 1. The topological polar surface area (TPSA) is 35.6 Å². The number of carbonyl (C=O) groups excluding carboxylic acids is 1. The van der Waals surface area contributed by atoms with Crippen LogP contribution in [0.15, 0.2) is 18.2 Å². The zero-order valence-electron chi connectivity index (χ0n) is 13.0. The van der Waals surface area contributed by atoms with Gasteiger partial charge in [0.1, 0.15) is 0 Å². The highest BCUT2D eigenvalue weighted by Gasteiger charge is 2.15. The van der Waals surface area contributed by atoms with Crippen LogP contribution in [0.5, 0.6) is 0 Å². The second-order valence-corrected chi connectivity index (χ2v) is 6.52. The summed E-state index contributed by atoms with van der Waals surface area (Å²) in [5, 5.41) is 3.77. The normalized spacial score (nSPS) is 11.0.